The summed E-state index contributed by atoms with van der Waals surface area (Å²) in [6.45, 7) is 6.13. The molecule has 0 saturated carbocycles. The van der Waals surface area contributed by atoms with Crippen molar-refractivity contribution in [1.29, 1.82) is 0 Å². The zero-order chi connectivity index (χ0) is 18.0. The first-order valence-corrected chi connectivity index (χ1v) is 8.45. The van der Waals surface area contributed by atoms with Crippen LogP contribution in [-0.4, -0.2) is 25.2 Å². The predicted octanol–water partition coefficient (Wildman–Crippen LogP) is 3.43. The van der Waals surface area contributed by atoms with Crippen LogP contribution in [0.2, 0.25) is 0 Å². The Kier molecular flexibility index (Phi) is 4.70. The summed E-state index contributed by atoms with van der Waals surface area (Å²) in [6, 6.07) is 9.55. The van der Waals surface area contributed by atoms with Crippen molar-refractivity contribution < 1.29 is 4.79 Å². The highest BCUT2D eigenvalue weighted by Gasteiger charge is 2.13. The van der Waals surface area contributed by atoms with E-state index in [1.54, 1.807) is 11.0 Å². The van der Waals surface area contributed by atoms with Crippen LogP contribution in [0, 0.1) is 13.8 Å². The lowest BCUT2D eigenvalue weighted by molar-refractivity contribution is 0.102. The van der Waals surface area contributed by atoms with Gasteiger partial charge in [0, 0.05) is 29.8 Å². The molecule has 0 aliphatic carbocycles. The van der Waals surface area contributed by atoms with Crippen LogP contribution in [0.3, 0.4) is 0 Å². The van der Waals surface area contributed by atoms with Crippen molar-refractivity contribution >= 4 is 11.6 Å². The minimum absolute atomic E-state index is 0.194. The first kappa shape index (κ1) is 17.0. The van der Waals surface area contributed by atoms with Crippen molar-refractivity contribution in [2.24, 2.45) is 7.05 Å². The molecule has 0 radical (unpaired) electrons. The summed E-state index contributed by atoms with van der Waals surface area (Å²) >= 11 is 0. The van der Waals surface area contributed by atoms with Gasteiger partial charge in [0.1, 0.15) is 0 Å². The third kappa shape index (κ3) is 3.47. The average molecular weight is 337 g/mol. The van der Waals surface area contributed by atoms with E-state index in [1.807, 2.05) is 55.8 Å². The highest BCUT2D eigenvalue weighted by Crippen LogP contribution is 2.17. The van der Waals surface area contributed by atoms with Gasteiger partial charge in [-0.05, 0) is 50.6 Å². The monoisotopic (exact) mass is 337 g/mol. The van der Waals surface area contributed by atoms with Crippen LogP contribution in [0.25, 0.3) is 5.69 Å². The van der Waals surface area contributed by atoms with Crippen LogP contribution in [0.4, 0.5) is 5.69 Å². The van der Waals surface area contributed by atoms with Gasteiger partial charge in [-0.2, -0.15) is 5.10 Å². The molecule has 0 saturated heterocycles. The topological polar surface area (TPSA) is 64.7 Å². The molecule has 0 aliphatic rings. The SMILES string of the molecule is CCCc1cc(C(=O)Nc2ccc(-n3cnc(C)c3C)cc2)nn1C. The van der Waals surface area contributed by atoms with Crippen LogP contribution < -0.4 is 5.32 Å². The van der Waals surface area contributed by atoms with Crippen molar-refractivity contribution in [3.63, 3.8) is 0 Å². The number of rotatable bonds is 5. The number of benzene rings is 1. The molecular weight excluding hydrogens is 314 g/mol. The Morgan fingerprint density at radius 1 is 1.20 bits per heavy atom. The molecule has 0 spiro atoms. The van der Waals surface area contributed by atoms with Crippen LogP contribution in [0.5, 0.6) is 0 Å². The van der Waals surface area contributed by atoms with Gasteiger partial charge in [-0.3, -0.25) is 9.48 Å². The molecule has 0 bridgehead atoms. The number of aromatic nitrogens is 4. The lowest BCUT2D eigenvalue weighted by Gasteiger charge is -2.08. The van der Waals surface area contributed by atoms with Crippen molar-refractivity contribution in [2.75, 3.05) is 5.32 Å². The van der Waals surface area contributed by atoms with Gasteiger partial charge < -0.3 is 9.88 Å². The zero-order valence-corrected chi connectivity index (χ0v) is 15.1. The summed E-state index contributed by atoms with van der Waals surface area (Å²) in [5.74, 6) is -0.194. The number of nitrogens with zero attached hydrogens (tertiary/aromatic N) is 4. The van der Waals surface area contributed by atoms with E-state index in [2.05, 4.69) is 22.3 Å². The summed E-state index contributed by atoms with van der Waals surface area (Å²) in [5, 5.41) is 7.20. The van der Waals surface area contributed by atoms with Crippen molar-refractivity contribution in [1.82, 2.24) is 19.3 Å². The molecule has 1 amide bonds. The summed E-state index contributed by atoms with van der Waals surface area (Å²) in [7, 11) is 1.87. The second kappa shape index (κ2) is 6.93. The third-order valence-corrected chi connectivity index (χ3v) is 4.37. The minimum atomic E-state index is -0.194. The summed E-state index contributed by atoms with van der Waals surface area (Å²) in [6.07, 6.45) is 3.74. The number of hydrogen-bond acceptors (Lipinski definition) is 3. The van der Waals surface area contributed by atoms with E-state index < -0.39 is 0 Å². The molecule has 130 valence electrons. The highest BCUT2D eigenvalue weighted by molar-refractivity contribution is 6.02. The lowest BCUT2D eigenvalue weighted by atomic mass is 10.2. The fraction of sp³-hybridized carbons (Fsp3) is 0.316. The largest absolute Gasteiger partial charge is 0.321 e. The minimum Gasteiger partial charge on any atom is -0.321 e. The molecule has 0 atom stereocenters. The van der Waals surface area contributed by atoms with Crippen LogP contribution in [0.1, 0.15) is 40.9 Å². The summed E-state index contributed by atoms with van der Waals surface area (Å²) in [5.41, 5.74) is 5.37. The van der Waals surface area contributed by atoms with E-state index in [1.165, 1.54) is 0 Å². The standard InChI is InChI=1S/C19H23N5O/c1-5-6-17-11-18(22-23(17)4)19(25)21-15-7-9-16(10-8-15)24-12-20-13(2)14(24)3/h7-12H,5-6H2,1-4H3,(H,21,25). The van der Waals surface area contributed by atoms with Crippen LogP contribution in [-0.2, 0) is 13.5 Å². The van der Waals surface area contributed by atoms with E-state index in [4.69, 9.17) is 0 Å². The number of carbonyl (C=O) groups is 1. The molecule has 0 unspecified atom stereocenters. The Hall–Kier alpha value is -2.89. The van der Waals surface area contributed by atoms with Crippen molar-refractivity contribution in [2.45, 2.75) is 33.6 Å². The third-order valence-electron chi connectivity index (χ3n) is 4.37. The lowest BCUT2D eigenvalue weighted by Crippen LogP contribution is -2.13. The van der Waals surface area contributed by atoms with Gasteiger partial charge in [0.2, 0.25) is 0 Å². The molecule has 2 heterocycles. The fourth-order valence-corrected chi connectivity index (χ4v) is 2.77. The van der Waals surface area contributed by atoms with E-state index in [-0.39, 0.29) is 5.91 Å². The maximum absolute atomic E-state index is 12.4. The Balaban J connectivity index is 1.74. The first-order valence-electron chi connectivity index (χ1n) is 8.45. The normalized spacial score (nSPS) is 10.9. The number of amides is 1. The molecule has 1 N–H and O–H groups in total. The van der Waals surface area contributed by atoms with Crippen LogP contribution in [0.15, 0.2) is 36.7 Å². The number of nitrogens with one attached hydrogen (secondary N) is 1. The van der Waals surface area contributed by atoms with E-state index in [0.29, 0.717) is 5.69 Å². The van der Waals surface area contributed by atoms with E-state index in [0.717, 1.165) is 41.3 Å². The zero-order valence-electron chi connectivity index (χ0n) is 15.1. The number of imidazole rings is 1. The number of carbonyl (C=O) groups excluding carboxylic acids is 1. The molecule has 0 fully saturated rings. The van der Waals surface area contributed by atoms with Gasteiger partial charge in [-0.15, -0.1) is 0 Å². The predicted molar refractivity (Wildman–Crippen MR) is 98.2 cm³/mol. The van der Waals surface area contributed by atoms with E-state index in [9.17, 15) is 4.79 Å². The molecule has 2 aromatic heterocycles. The second-order valence-corrected chi connectivity index (χ2v) is 6.18. The highest BCUT2D eigenvalue weighted by atomic mass is 16.1. The molecule has 25 heavy (non-hydrogen) atoms. The maximum Gasteiger partial charge on any atom is 0.276 e. The van der Waals surface area contributed by atoms with E-state index >= 15 is 0 Å². The summed E-state index contributed by atoms with van der Waals surface area (Å²) in [4.78, 5) is 16.7. The number of anilines is 1. The summed E-state index contributed by atoms with van der Waals surface area (Å²) < 4.78 is 3.79. The molecule has 6 nitrogen and oxygen atoms in total. The Morgan fingerprint density at radius 2 is 1.92 bits per heavy atom. The quantitative estimate of drug-likeness (QED) is 0.776. The second-order valence-electron chi connectivity index (χ2n) is 6.18. The first-order chi connectivity index (χ1) is 12.0. The number of hydrogen-bond donors (Lipinski definition) is 1. The van der Waals surface area contributed by atoms with Crippen molar-refractivity contribution in [3.8, 4) is 5.69 Å². The molecule has 1 aromatic carbocycles. The van der Waals surface area contributed by atoms with Gasteiger partial charge in [0.25, 0.3) is 5.91 Å². The molecule has 3 aromatic rings. The maximum atomic E-state index is 12.4. The Bertz CT molecular complexity index is 889. The van der Waals surface area contributed by atoms with Gasteiger partial charge in [0.05, 0.1) is 12.0 Å². The fourth-order valence-electron chi connectivity index (χ4n) is 2.77. The average Bonchev–Trinajstić information content (AvgIpc) is 3.13. The molecule has 3 rings (SSSR count). The van der Waals surface area contributed by atoms with Gasteiger partial charge in [-0.25, -0.2) is 4.98 Å². The Labute approximate surface area is 147 Å². The smallest absolute Gasteiger partial charge is 0.276 e. The van der Waals surface area contributed by atoms with Gasteiger partial charge in [-0.1, -0.05) is 13.3 Å². The Morgan fingerprint density at radius 3 is 2.52 bits per heavy atom. The van der Waals surface area contributed by atoms with Gasteiger partial charge in [0.15, 0.2) is 5.69 Å². The molecular formula is C19H23N5O. The molecule has 6 heteroatoms. The van der Waals surface area contributed by atoms with Crippen molar-refractivity contribution in [3.05, 3.63) is 59.4 Å². The number of aryl methyl sites for hydroxylation is 3. The van der Waals surface area contributed by atoms with Crippen LogP contribution >= 0.6 is 0 Å². The molecule has 0 aliphatic heterocycles. The van der Waals surface area contributed by atoms with Gasteiger partial charge >= 0.3 is 0 Å².